The van der Waals surface area contributed by atoms with E-state index in [0.717, 1.165) is 21.0 Å². The van der Waals surface area contributed by atoms with Gasteiger partial charge in [0.15, 0.2) is 17.8 Å². The van der Waals surface area contributed by atoms with Crippen molar-refractivity contribution in [2.75, 3.05) is 7.11 Å². The first-order valence-corrected chi connectivity index (χ1v) is 11.3. The lowest BCUT2D eigenvalue weighted by atomic mass is 9.80. The number of ether oxygens (including phenoxy) is 5. The third-order valence-electron chi connectivity index (χ3n) is 6.61. The van der Waals surface area contributed by atoms with Gasteiger partial charge in [-0.25, -0.2) is 14.4 Å². The molecule has 2 fully saturated rings. The Hall–Kier alpha value is -2.43. The van der Waals surface area contributed by atoms with Crippen molar-refractivity contribution >= 4 is 35.5 Å². The van der Waals surface area contributed by atoms with Crippen molar-refractivity contribution < 1.29 is 48.0 Å². The van der Waals surface area contributed by atoms with Crippen LogP contribution in [0.5, 0.6) is 0 Å². The Balaban J connectivity index is 2.18. The van der Waals surface area contributed by atoms with Gasteiger partial charge in [0.1, 0.15) is 12.2 Å². The standard InChI is InChI=1S/C23H29ClO10/c1-10-14-16(33-21(28)23(5,29)11(2)24)15(31-12(3)25)13(20(27)30-6)8-7-9-22(4)18(34-22)17(14)32-19(10)26/h8,11,14-18,29H,1,7,9H2,2-6H3/b13-8+/t11-,14-,15+,16+,17+,18-,22-,23-/m1/s1. The van der Waals surface area contributed by atoms with Crippen molar-refractivity contribution in [2.24, 2.45) is 5.92 Å². The lowest BCUT2D eigenvalue weighted by molar-refractivity contribution is -0.184. The quantitative estimate of drug-likeness (QED) is 0.193. The molecule has 8 atom stereocenters. The second-order valence-electron chi connectivity index (χ2n) is 9.13. The minimum atomic E-state index is -2.14. The fourth-order valence-electron chi connectivity index (χ4n) is 4.28. The highest BCUT2D eigenvalue weighted by molar-refractivity contribution is 6.22. The molecule has 0 amide bonds. The number of halogens is 1. The second kappa shape index (κ2) is 9.31. The predicted octanol–water partition coefficient (Wildman–Crippen LogP) is 1.36. The van der Waals surface area contributed by atoms with Gasteiger partial charge in [-0.15, -0.1) is 11.6 Å². The summed E-state index contributed by atoms with van der Waals surface area (Å²) in [7, 11) is 1.15. The first-order valence-electron chi connectivity index (χ1n) is 10.8. The molecule has 0 aromatic carbocycles. The Kier molecular flexibility index (Phi) is 7.17. The number of methoxy groups -OCH3 is 1. The van der Waals surface area contributed by atoms with Gasteiger partial charge in [-0.1, -0.05) is 12.7 Å². The average molecular weight is 501 g/mol. The molecule has 2 saturated heterocycles. The number of hydrogen-bond donors (Lipinski definition) is 1. The number of carbonyl (C=O) groups excluding carboxylic acids is 4. The van der Waals surface area contributed by atoms with E-state index in [9.17, 15) is 24.3 Å². The smallest absolute Gasteiger partial charge is 0.339 e. The molecule has 0 aromatic heterocycles. The number of hydrogen-bond acceptors (Lipinski definition) is 10. The molecule has 1 aliphatic carbocycles. The molecule has 0 bridgehead atoms. The summed E-state index contributed by atoms with van der Waals surface area (Å²) in [5, 5.41) is 9.54. The average Bonchev–Trinajstić information content (AvgIpc) is 3.34. The molecule has 2 heterocycles. The lowest BCUT2D eigenvalue weighted by Gasteiger charge is -2.35. The summed E-state index contributed by atoms with van der Waals surface area (Å²) in [6.07, 6.45) is -2.12. The molecule has 1 N–H and O–H groups in total. The summed E-state index contributed by atoms with van der Waals surface area (Å²) in [6, 6.07) is 0. The number of alkyl halides is 1. The molecular formula is C23H29ClO10. The molecule has 0 spiro atoms. The van der Waals surface area contributed by atoms with Crippen LogP contribution in [0.4, 0.5) is 0 Å². The van der Waals surface area contributed by atoms with Crippen LogP contribution in [-0.4, -0.2) is 77.1 Å². The van der Waals surface area contributed by atoms with Crippen LogP contribution < -0.4 is 0 Å². The van der Waals surface area contributed by atoms with E-state index in [-0.39, 0.29) is 11.1 Å². The lowest BCUT2D eigenvalue weighted by Crippen LogP contribution is -2.52. The van der Waals surface area contributed by atoms with Crippen molar-refractivity contribution in [1.82, 2.24) is 0 Å². The molecule has 10 nitrogen and oxygen atoms in total. The highest BCUT2D eigenvalue weighted by atomic mass is 35.5. The van der Waals surface area contributed by atoms with Gasteiger partial charge >= 0.3 is 23.9 Å². The molecule has 3 rings (SSSR count). The summed E-state index contributed by atoms with van der Waals surface area (Å²) in [4.78, 5) is 50.3. The third-order valence-corrected chi connectivity index (χ3v) is 7.03. The zero-order valence-electron chi connectivity index (χ0n) is 19.7. The van der Waals surface area contributed by atoms with Gasteiger partial charge in [-0.3, -0.25) is 4.79 Å². The second-order valence-corrected chi connectivity index (χ2v) is 9.78. The van der Waals surface area contributed by atoms with E-state index >= 15 is 0 Å². The summed E-state index contributed by atoms with van der Waals surface area (Å²) in [5.41, 5.74) is -2.95. The van der Waals surface area contributed by atoms with E-state index < -0.39 is 70.8 Å². The maximum atomic E-state index is 13.0. The number of rotatable bonds is 5. The minimum Gasteiger partial charge on any atom is -0.466 e. The monoisotopic (exact) mass is 500 g/mol. The highest BCUT2D eigenvalue weighted by Gasteiger charge is 2.65. The van der Waals surface area contributed by atoms with Crippen LogP contribution in [-0.2, 0) is 42.9 Å². The molecule has 0 radical (unpaired) electrons. The van der Waals surface area contributed by atoms with Crippen molar-refractivity contribution in [2.45, 2.75) is 81.5 Å². The van der Waals surface area contributed by atoms with E-state index in [1.807, 2.05) is 6.92 Å². The van der Waals surface area contributed by atoms with Gasteiger partial charge in [0.05, 0.1) is 29.6 Å². The normalized spacial score (nSPS) is 36.9. The summed E-state index contributed by atoms with van der Waals surface area (Å²) < 4.78 is 27.4. The third kappa shape index (κ3) is 4.71. The van der Waals surface area contributed by atoms with Crippen LogP contribution in [0, 0.1) is 5.92 Å². The number of carbonyl (C=O) groups is 4. The van der Waals surface area contributed by atoms with Gasteiger partial charge in [0, 0.05) is 12.5 Å². The molecule has 0 saturated carbocycles. The van der Waals surface area contributed by atoms with Gasteiger partial charge in [0.2, 0.25) is 0 Å². The van der Waals surface area contributed by atoms with Gasteiger partial charge in [-0.05, 0) is 33.6 Å². The maximum Gasteiger partial charge on any atom is 0.339 e. The number of epoxide rings is 1. The van der Waals surface area contributed by atoms with Crippen molar-refractivity contribution in [1.29, 1.82) is 0 Å². The first-order chi connectivity index (χ1) is 15.7. The SMILES string of the molecule is C=C1C(=O)O[C@H]2[C@H]1[C@H](OC(=O)[C@](C)(O)[C@@H](C)Cl)[C@@H](OC(C)=O)/C(C(=O)OC)=C\CC[C@@]1(C)O[C@H]21. The van der Waals surface area contributed by atoms with Gasteiger partial charge in [0.25, 0.3) is 0 Å². The highest BCUT2D eigenvalue weighted by Crippen LogP contribution is 2.50. The molecule has 0 unspecified atom stereocenters. The van der Waals surface area contributed by atoms with E-state index in [0.29, 0.717) is 12.8 Å². The van der Waals surface area contributed by atoms with Crippen LogP contribution in [0.3, 0.4) is 0 Å². The molecular weight excluding hydrogens is 472 g/mol. The predicted molar refractivity (Wildman–Crippen MR) is 116 cm³/mol. The topological polar surface area (TPSA) is 138 Å². The summed E-state index contributed by atoms with van der Waals surface area (Å²) >= 11 is 5.98. The Morgan fingerprint density at radius 3 is 2.56 bits per heavy atom. The van der Waals surface area contributed by atoms with Crippen LogP contribution >= 0.6 is 11.6 Å². The maximum absolute atomic E-state index is 13.0. The fourth-order valence-corrected chi connectivity index (χ4v) is 4.37. The number of fused-ring (bicyclic) bond motifs is 3. The molecule has 188 valence electrons. The van der Waals surface area contributed by atoms with E-state index in [1.165, 1.54) is 13.0 Å². The molecule has 34 heavy (non-hydrogen) atoms. The van der Waals surface area contributed by atoms with E-state index in [4.69, 9.17) is 35.3 Å². The number of aliphatic hydroxyl groups is 1. The molecule has 3 aliphatic rings. The molecule has 0 aromatic rings. The molecule has 11 heteroatoms. The number of esters is 4. The van der Waals surface area contributed by atoms with Crippen LogP contribution in [0.1, 0.15) is 40.5 Å². The zero-order valence-corrected chi connectivity index (χ0v) is 20.4. The van der Waals surface area contributed by atoms with Crippen molar-refractivity contribution in [3.63, 3.8) is 0 Å². The fraction of sp³-hybridized carbons (Fsp3) is 0.652. The Morgan fingerprint density at radius 1 is 1.35 bits per heavy atom. The Bertz CT molecular complexity index is 938. The Morgan fingerprint density at radius 2 is 2.00 bits per heavy atom. The van der Waals surface area contributed by atoms with Crippen molar-refractivity contribution in [3.05, 3.63) is 23.8 Å². The van der Waals surface area contributed by atoms with Gasteiger partial charge < -0.3 is 28.8 Å². The van der Waals surface area contributed by atoms with E-state index in [1.54, 1.807) is 0 Å². The Labute approximate surface area is 202 Å². The van der Waals surface area contributed by atoms with Crippen LogP contribution in [0.15, 0.2) is 23.8 Å². The van der Waals surface area contributed by atoms with Gasteiger partial charge in [-0.2, -0.15) is 0 Å². The summed E-state index contributed by atoms with van der Waals surface area (Å²) in [6.45, 7) is 9.30. The van der Waals surface area contributed by atoms with Crippen molar-refractivity contribution in [3.8, 4) is 0 Å². The zero-order chi connectivity index (χ0) is 25.6. The van der Waals surface area contributed by atoms with Crippen LogP contribution in [0.25, 0.3) is 0 Å². The summed E-state index contributed by atoms with van der Waals surface area (Å²) in [5.74, 6) is -4.55. The molecule has 2 aliphatic heterocycles. The largest absolute Gasteiger partial charge is 0.466 e. The first kappa shape index (κ1) is 26.2. The minimum absolute atomic E-state index is 0.0545. The van der Waals surface area contributed by atoms with Crippen LogP contribution in [0.2, 0.25) is 0 Å². The number of allylic oxidation sites excluding steroid dienone is 1. The van der Waals surface area contributed by atoms with E-state index in [2.05, 4.69) is 6.58 Å².